The van der Waals surface area contributed by atoms with Crippen LogP contribution in [0.3, 0.4) is 0 Å². The van der Waals surface area contributed by atoms with E-state index in [1.807, 2.05) is 0 Å². The van der Waals surface area contributed by atoms with Crippen molar-refractivity contribution in [1.29, 1.82) is 0 Å². The summed E-state index contributed by atoms with van der Waals surface area (Å²) in [6, 6.07) is 0. The zero-order valence-corrected chi connectivity index (χ0v) is 10.7. The van der Waals surface area contributed by atoms with Gasteiger partial charge in [0, 0.05) is 13.1 Å². The summed E-state index contributed by atoms with van der Waals surface area (Å²) in [5.41, 5.74) is 6.80. The zero-order chi connectivity index (χ0) is 11.4. The van der Waals surface area contributed by atoms with Crippen LogP contribution in [0.1, 0.15) is 52.9 Å². The van der Waals surface area contributed by atoms with Gasteiger partial charge in [0.05, 0.1) is 0 Å². The molecule has 90 valence electrons. The van der Waals surface area contributed by atoms with Crippen molar-refractivity contribution in [3.63, 3.8) is 0 Å². The van der Waals surface area contributed by atoms with Gasteiger partial charge < -0.3 is 11.1 Å². The van der Waals surface area contributed by atoms with Crippen molar-refractivity contribution in [3.8, 4) is 0 Å². The van der Waals surface area contributed by atoms with E-state index in [4.69, 9.17) is 5.73 Å². The molecule has 0 bridgehead atoms. The maximum Gasteiger partial charge on any atom is 0.00199 e. The molecule has 0 spiro atoms. The summed E-state index contributed by atoms with van der Waals surface area (Å²) in [4.78, 5) is 0. The number of rotatable bonds is 7. The Morgan fingerprint density at radius 1 is 1.27 bits per heavy atom. The predicted octanol–water partition coefficient (Wildman–Crippen LogP) is 2.53. The Hall–Kier alpha value is -0.0800. The molecule has 0 aliphatic heterocycles. The van der Waals surface area contributed by atoms with E-state index < -0.39 is 0 Å². The van der Waals surface area contributed by atoms with Crippen LogP contribution in [0.25, 0.3) is 0 Å². The lowest BCUT2D eigenvalue weighted by Crippen LogP contribution is -2.44. The van der Waals surface area contributed by atoms with E-state index >= 15 is 0 Å². The second-order valence-corrected chi connectivity index (χ2v) is 5.68. The molecule has 0 radical (unpaired) electrons. The van der Waals surface area contributed by atoms with Gasteiger partial charge in [0.15, 0.2) is 0 Å². The summed E-state index contributed by atoms with van der Waals surface area (Å²) in [5.74, 6) is 0. The van der Waals surface area contributed by atoms with Gasteiger partial charge in [0.2, 0.25) is 0 Å². The molecular formula is C13H28N2. The highest BCUT2D eigenvalue weighted by Crippen LogP contribution is 2.39. The molecule has 0 aromatic carbocycles. The van der Waals surface area contributed by atoms with Crippen LogP contribution in [0.15, 0.2) is 0 Å². The molecule has 3 N–H and O–H groups in total. The molecule has 2 heteroatoms. The molecule has 0 unspecified atom stereocenters. The Morgan fingerprint density at radius 2 is 1.87 bits per heavy atom. The van der Waals surface area contributed by atoms with Gasteiger partial charge in [-0.05, 0) is 43.1 Å². The van der Waals surface area contributed by atoms with Crippen molar-refractivity contribution >= 4 is 0 Å². The molecule has 0 atom stereocenters. The highest BCUT2D eigenvalue weighted by Gasteiger charge is 2.32. The van der Waals surface area contributed by atoms with E-state index in [2.05, 4.69) is 26.1 Å². The highest BCUT2D eigenvalue weighted by molar-refractivity contribution is 4.87. The van der Waals surface area contributed by atoms with Gasteiger partial charge in [-0.1, -0.05) is 27.2 Å². The minimum absolute atomic E-state index is 0.333. The lowest BCUT2D eigenvalue weighted by atomic mass is 9.70. The number of nitrogens with two attached hydrogens (primary N) is 1. The van der Waals surface area contributed by atoms with E-state index in [0.717, 1.165) is 13.1 Å². The summed E-state index contributed by atoms with van der Waals surface area (Å²) in [5, 5.41) is 3.64. The molecule has 1 aliphatic rings. The van der Waals surface area contributed by atoms with Gasteiger partial charge in [-0.25, -0.2) is 0 Å². The summed E-state index contributed by atoms with van der Waals surface area (Å²) in [6.45, 7) is 9.97. The molecule has 0 heterocycles. The van der Waals surface area contributed by atoms with E-state index in [-0.39, 0.29) is 0 Å². The average Bonchev–Trinajstić information content (AvgIpc) is 2.23. The van der Waals surface area contributed by atoms with Crippen LogP contribution >= 0.6 is 0 Å². The van der Waals surface area contributed by atoms with Crippen molar-refractivity contribution in [2.75, 3.05) is 19.6 Å². The molecule has 1 saturated carbocycles. The fourth-order valence-electron chi connectivity index (χ4n) is 2.45. The molecule has 1 rings (SSSR count). The molecule has 0 aromatic rings. The van der Waals surface area contributed by atoms with Crippen LogP contribution in [0, 0.1) is 10.8 Å². The highest BCUT2D eigenvalue weighted by atomic mass is 14.9. The molecule has 15 heavy (non-hydrogen) atoms. The predicted molar refractivity (Wildman–Crippen MR) is 66.9 cm³/mol. The molecule has 0 aromatic heterocycles. The van der Waals surface area contributed by atoms with Crippen LogP contribution in [-0.4, -0.2) is 19.6 Å². The van der Waals surface area contributed by atoms with Crippen molar-refractivity contribution in [2.24, 2.45) is 16.6 Å². The van der Waals surface area contributed by atoms with Crippen molar-refractivity contribution in [3.05, 3.63) is 0 Å². The van der Waals surface area contributed by atoms with Crippen LogP contribution < -0.4 is 11.1 Å². The first-order valence-corrected chi connectivity index (χ1v) is 6.50. The van der Waals surface area contributed by atoms with Gasteiger partial charge in [-0.2, -0.15) is 0 Å². The van der Waals surface area contributed by atoms with Crippen LogP contribution in [0.5, 0.6) is 0 Å². The molecular weight excluding hydrogens is 184 g/mol. The van der Waals surface area contributed by atoms with E-state index in [9.17, 15) is 0 Å². The van der Waals surface area contributed by atoms with Crippen LogP contribution in [-0.2, 0) is 0 Å². The first kappa shape index (κ1) is 13.0. The minimum atomic E-state index is 0.333. The molecule has 2 nitrogen and oxygen atoms in total. The molecule has 1 aliphatic carbocycles. The van der Waals surface area contributed by atoms with Gasteiger partial charge in [-0.15, -0.1) is 0 Å². The first-order valence-electron chi connectivity index (χ1n) is 6.50. The van der Waals surface area contributed by atoms with Gasteiger partial charge in [-0.3, -0.25) is 0 Å². The molecule has 0 saturated heterocycles. The molecule has 1 fully saturated rings. The largest absolute Gasteiger partial charge is 0.330 e. The van der Waals surface area contributed by atoms with E-state index in [0.29, 0.717) is 10.8 Å². The van der Waals surface area contributed by atoms with Gasteiger partial charge in [0.1, 0.15) is 0 Å². The van der Waals surface area contributed by atoms with Crippen molar-refractivity contribution < 1.29 is 0 Å². The SMILES string of the molecule is CCC(CC)(CN)CNCC1(C)CCC1. The van der Waals surface area contributed by atoms with Crippen LogP contribution in [0.4, 0.5) is 0 Å². The second-order valence-electron chi connectivity index (χ2n) is 5.68. The smallest absolute Gasteiger partial charge is 0.00199 e. The van der Waals surface area contributed by atoms with Gasteiger partial charge >= 0.3 is 0 Å². The maximum absolute atomic E-state index is 5.89. The Kier molecular flexibility index (Phi) is 4.60. The average molecular weight is 212 g/mol. The summed E-state index contributed by atoms with van der Waals surface area (Å²) in [6.07, 6.45) is 6.58. The summed E-state index contributed by atoms with van der Waals surface area (Å²) >= 11 is 0. The third kappa shape index (κ3) is 3.18. The Balaban J connectivity index is 2.27. The number of nitrogens with one attached hydrogen (secondary N) is 1. The maximum atomic E-state index is 5.89. The fourth-order valence-corrected chi connectivity index (χ4v) is 2.45. The molecule has 0 amide bonds. The van der Waals surface area contributed by atoms with Crippen LogP contribution in [0.2, 0.25) is 0 Å². The number of hydrogen-bond donors (Lipinski definition) is 2. The lowest BCUT2D eigenvalue weighted by Gasteiger charge is -2.40. The van der Waals surface area contributed by atoms with E-state index in [1.54, 1.807) is 0 Å². The Morgan fingerprint density at radius 3 is 2.20 bits per heavy atom. The monoisotopic (exact) mass is 212 g/mol. The number of hydrogen-bond acceptors (Lipinski definition) is 2. The first-order chi connectivity index (χ1) is 7.10. The summed E-state index contributed by atoms with van der Waals surface area (Å²) in [7, 11) is 0. The zero-order valence-electron chi connectivity index (χ0n) is 10.7. The Labute approximate surface area is 95.0 Å². The lowest BCUT2D eigenvalue weighted by molar-refractivity contribution is 0.144. The Bertz CT molecular complexity index is 173. The topological polar surface area (TPSA) is 38.0 Å². The third-order valence-electron chi connectivity index (χ3n) is 4.55. The summed E-state index contributed by atoms with van der Waals surface area (Å²) < 4.78 is 0. The minimum Gasteiger partial charge on any atom is -0.330 e. The fraction of sp³-hybridized carbons (Fsp3) is 1.00. The van der Waals surface area contributed by atoms with Gasteiger partial charge in [0.25, 0.3) is 0 Å². The second kappa shape index (κ2) is 5.31. The van der Waals surface area contributed by atoms with Crippen molar-refractivity contribution in [1.82, 2.24) is 5.32 Å². The normalized spacial score (nSPS) is 20.0. The third-order valence-corrected chi connectivity index (χ3v) is 4.55. The van der Waals surface area contributed by atoms with Crippen molar-refractivity contribution in [2.45, 2.75) is 52.9 Å². The van der Waals surface area contributed by atoms with E-state index in [1.165, 1.54) is 38.6 Å². The quantitative estimate of drug-likeness (QED) is 0.680. The standard InChI is InChI=1S/C13H28N2/c1-4-13(5-2,9-14)11-15-10-12(3)7-6-8-12/h15H,4-11,14H2,1-3H3.